The molecule has 2 aromatic rings. The first-order chi connectivity index (χ1) is 9.61. The molecule has 0 saturated carbocycles. The Labute approximate surface area is 135 Å². The molecule has 4 nitrogen and oxygen atoms in total. The van der Waals surface area contributed by atoms with Crippen molar-refractivity contribution in [1.29, 1.82) is 0 Å². The number of ether oxygens (including phenoxy) is 1. The van der Waals surface area contributed by atoms with E-state index in [0.29, 0.717) is 6.61 Å². The summed E-state index contributed by atoms with van der Waals surface area (Å²) in [6.07, 6.45) is 4.52. The van der Waals surface area contributed by atoms with Gasteiger partial charge >= 0.3 is 0 Å². The summed E-state index contributed by atoms with van der Waals surface area (Å²) in [5.41, 5.74) is 1.20. The molecule has 1 aromatic heterocycles. The summed E-state index contributed by atoms with van der Waals surface area (Å²) in [6, 6.07) is 4.13. The van der Waals surface area contributed by atoms with E-state index in [-0.39, 0.29) is 0 Å². The second-order valence-corrected chi connectivity index (χ2v) is 6.18. The van der Waals surface area contributed by atoms with Gasteiger partial charge in [0.25, 0.3) is 0 Å². The standard InChI is InChI=1S/C14H17Br2N3O/c1-17-9-10-7-11(15)14(12(16)8-10)20-6-3-13-18-4-5-19(13)2/h4-5,7-8,17H,3,6,9H2,1-2H3. The van der Waals surface area contributed by atoms with E-state index in [9.17, 15) is 0 Å². The SMILES string of the molecule is CNCc1cc(Br)c(OCCc2nccn2C)c(Br)c1. The quantitative estimate of drug-likeness (QED) is 0.805. The van der Waals surface area contributed by atoms with Gasteiger partial charge < -0.3 is 14.6 Å². The van der Waals surface area contributed by atoms with Crippen molar-refractivity contribution < 1.29 is 4.74 Å². The summed E-state index contributed by atoms with van der Waals surface area (Å²) in [7, 11) is 3.92. The molecule has 6 heteroatoms. The monoisotopic (exact) mass is 401 g/mol. The number of aryl methyl sites for hydroxylation is 1. The van der Waals surface area contributed by atoms with Gasteiger partial charge in [0.05, 0.1) is 15.6 Å². The smallest absolute Gasteiger partial charge is 0.147 e. The highest BCUT2D eigenvalue weighted by Crippen LogP contribution is 2.34. The van der Waals surface area contributed by atoms with Gasteiger partial charge in [0, 0.05) is 32.4 Å². The molecule has 20 heavy (non-hydrogen) atoms. The molecule has 0 radical (unpaired) electrons. The van der Waals surface area contributed by atoms with Crippen LogP contribution in [-0.2, 0) is 20.0 Å². The van der Waals surface area contributed by atoms with Gasteiger partial charge in [-0.3, -0.25) is 0 Å². The van der Waals surface area contributed by atoms with E-state index in [4.69, 9.17) is 4.74 Å². The lowest BCUT2D eigenvalue weighted by Crippen LogP contribution is -2.08. The average Bonchev–Trinajstić information content (AvgIpc) is 2.79. The molecule has 0 bridgehead atoms. The number of hydrogen-bond donors (Lipinski definition) is 1. The van der Waals surface area contributed by atoms with Crippen molar-refractivity contribution in [2.75, 3.05) is 13.7 Å². The van der Waals surface area contributed by atoms with Gasteiger partial charge in [0.15, 0.2) is 0 Å². The van der Waals surface area contributed by atoms with Crippen molar-refractivity contribution in [2.45, 2.75) is 13.0 Å². The Morgan fingerprint density at radius 3 is 2.55 bits per heavy atom. The largest absolute Gasteiger partial charge is 0.491 e. The van der Waals surface area contributed by atoms with Crippen LogP contribution in [-0.4, -0.2) is 23.2 Å². The van der Waals surface area contributed by atoms with Crippen LogP contribution in [0.4, 0.5) is 0 Å². The highest BCUT2D eigenvalue weighted by atomic mass is 79.9. The third kappa shape index (κ3) is 3.84. The Morgan fingerprint density at radius 1 is 1.30 bits per heavy atom. The highest BCUT2D eigenvalue weighted by molar-refractivity contribution is 9.11. The fourth-order valence-corrected chi connectivity index (χ4v) is 3.45. The first-order valence-electron chi connectivity index (χ1n) is 6.33. The normalized spacial score (nSPS) is 10.8. The number of benzene rings is 1. The van der Waals surface area contributed by atoms with Crippen LogP contribution < -0.4 is 10.1 Å². The molecule has 0 unspecified atom stereocenters. The Hall–Kier alpha value is -0.850. The molecule has 0 aliphatic rings. The number of nitrogens with zero attached hydrogens (tertiary/aromatic N) is 2. The van der Waals surface area contributed by atoms with Crippen LogP contribution in [0, 0.1) is 0 Å². The highest BCUT2D eigenvalue weighted by Gasteiger charge is 2.09. The molecule has 0 atom stereocenters. The van der Waals surface area contributed by atoms with Crippen LogP contribution in [0.1, 0.15) is 11.4 Å². The average molecular weight is 403 g/mol. The van der Waals surface area contributed by atoms with E-state index in [1.165, 1.54) is 5.56 Å². The zero-order chi connectivity index (χ0) is 14.5. The number of rotatable bonds is 6. The van der Waals surface area contributed by atoms with Gasteiger partial charge in [-0.2, -0.15) is 0 Å². The second kappa shape index (κ2) is 7.24. The lowest BCUT2D eigenvalue weighted by molar-refractivity contribution is 0.313. The molecule has 0 fully saturated rings. The maximum atomic E-state index is 5.86. The van der Waals surface area contributed by atoms with Crippen molar-refractivity contribution in [2.24, 2.45) is 7.05 Å². The van der Waals surface area contributed by atoms with Crippen LogP contribution >= 0.6 is 31.9 Å². The van der Waals surface area contributed by atoms with E-state index in [1.54, 1.807) is 6.20 Å². The maximum Gasteiger partial charge on any atom is 0.147 e. The Kier molecular flexibility index (Phi) is 5.63. The Morgan fingerprint density at radius 2 is 2.00 bits per heavy atom. The number of imidazole rings is 1. The number of hydrogen-bond acceptors (Lipinski definition) is 3. The molecule has 108 valence electrons. The predicted molar refractivity (Wildman–Crippen MR) is 87.0 cm³/mol. The predicted octanol–water partition coefficient (Wildman–Crippen LogP) is 3.29. The molecule has 0 amide bonds. The minimum Gasteiger partial charge on any atom is -0.491 e. The molecule has 1 aromatic carbocycles. The first-order valence-corrected chi connectivity index (χ1v) is 7.92. The van der Waals surface area contributed by atoms with Crippen molar-refractivity contribution >= 4 is 31.9 Å². The molecule has 1 N–H and O–H groups in total. The van der Waals surface area contributed by atoms with Crippen molar-refractivity contribution in [3.05, 3.63) is 44.9 Å². The fourth-order valence-electron chi connectivity index (χ4n) is 1.94. The lowest BCUT2D eigenvalue weighted by Gasteiger charge is -2.12. The molecule has 0 saturated heterocycles. The van der Waals surface area contributed by atoms with Crippen molar-refractivity contribution in [1.82, 2.24) is 14.9 Å². The lowest BCUT2D eigenvalue weighted by atomic mass is 10.2. The van der Waals surface area contributed by atoms with Crippen molar-refractivity contribution in [3.8, 4) is 5.75 Å². The Balaban J connectivity index is 2.01. The molecule has 0 spiro atoms. The summed E-state index contributed by atoms with van der Waals surface area (Å²) >= 11 is 7.12. The van der Waals surface area contributed by atoms with E-state index in [1.807, 2.05) is 24.9 Å². The van der Waals surface area contributed by atoms with Crippen LogP contribution in [0.5, 0.6) is 5.75 Å². The minimum atomic E-state index is 0.591. The third-order valence-electron chi connectivity index (χ3n) is 2.93. The van der Waals surface area contributed by atoms with E-state index in [0.717, 1.165) is 33.5 Å². The van der Waals surface area contributed by atoms with Crippen LogP contribution in [0.3, 0.4) is 0 Å². The van der Waals surface area contributed by atoms with Gasteiger partial charge in [0.1, 0.15) is 11.6 Å². The second-order valence-electron chi connectivity index (χ2n) is 4.47. The molecule has 2 rings (SSSR count). The zero-order valence-corrected chi connectivity index (χ0v) is 14.7. The number of nitrogens with one attached hydrogen (secondary N) is 1. The van der Waals surface area contributed by atoms with Gasteiger partial charge in [-0.05, 0) is 56.6 Å². The fraction of sp³-hybridized carbons (Fsp3) is 0.357. The summed E-state index contributed by atoms with van der Waals surface area (Å²) < 4.78 is 9.78. The van der Waals surface area contributed by atoms with E-state index < -0.39 is 0 Å². The molecule has 0 aliphatic heterocycles. The summed E-state index contributed by atoms with van der Waals surface area (Å²) in [6.45, 7) is 1.41. The van der Waals surface area contributed by atoms with Gasteiger partial charge in [-0.1, -0.05) is 0 Å². The maximum absolute atomic E-state index is 5.86. The van der Waals surface area contributed by atoms with E-state index in [2.05, 4.69) is 54.3 Å². The van der Waals surface area contributed by atoms with Crippen LogP contribution in [0.15, 0.2) is 33.5 Å². The van der Waals surface area contributed by atoms with E-state index >= 15 is 0 Å². The minimum absolute atomic E-state index is 0.591. The van der Waals surface area contributed by atoms with Gasteiger partial charge in [-0.15, -0.1) is 0 Å². The van der Waals surface area contributed by atoms with Crippen molar-refractivity contribution in [3.63, 3.8) is 0 Å². The third-order valence-corrected chi connectivity index (χ3v) is 4.11. The topological polar surface area (TPSA) is 39.1 Å². The van der Waals surface area contributed by atoms with Crippen LogP contribution in [0.2, 0.25) is 0 Å². The molecule has 0 aliphatic carbocycles. The molecule has 1 heterocycles. The summed E-state index contributed by atoms with van der Waals surface area (Å²) in [4.78, 5) is 4.28. The Bertz CT molecular complexity index is 561. The van der Waals surface area contributed by atoms with Gasteiger partial charge in [0.2, 0.25) is 0 Å². The summed E-state index contributed by atoms with van der Waals surface area (Å²) in [5, 5.41) is 3.13. The zero-order valence-electron chi connectivity index (χ0n) is 11.5. The number of aromatic nitrogens is 2. The molecular formula is C14H17Br2N3O. The number of halogens is 2. The summed E-state index contributed by atoms with van der Waals surface area (Å²) in [5.74, 6) is 1.85. The molecular weight excluding hydrogens is 386 g/mol. The van der Waals surface area contributed by atoms with Gasteiger partial charge in [-0.25, -0.2) is 4.98 Å². The van der Waals surface area contributed by atoms with Crippen LogP contribution in [0.25, 0.3) is 0 Å². The first kappa shape index (κ1) is 15.5.